The van der Waals surface area contributed by atoms with Gasteiger partial charge in [0.2, 0.25) is 5.91 Å². The SMILES string of the molecule is CCCC/C=C/C(O)C(CO)NC(=O)CCCCCCCCCCCCCCCCCCCCCCCCCCCCC/C=C\CCCCCCCCCC. The smallest absolute Gasteiger partial charge is 0.220 e. The van der Waals surface area contributed by atoms with Gasteiger partial charge >= 0.3 is 0 Å². The van der Waals surface area contributed by atoms with Gasteiger partial charge in [0.25, 0.3) is 0 Å². The molecule has 2 unspecified atom stereocenters. The van der Waals surface area contributed by atoms with Gasteiger partial charge in [0.1, 0.15) is 0 Å². The third kappa shape index (κ3) is 43.8. The highest BCUT2D eigenvalue weighted by atomic mass is 16.3. The molecule has 0 aromatic heterocycles. The van der Waals surface area contributed by atoms with E-state index in [1.54, 1.807) is 6.08 Å². The third-order valence-electron chi connectivity index (χ3n) is 11.7. The van der Waals surface area contributed by atoms with Gasteiger partial charge in [-0.25, -0.2) is 0 Å². The molecule has 0 saturated heterocycles. The van der Waals surface area contributed by atoms with Gasteiger partial charge in [0.15, 0.2) is 0 Å². The van der Waals surface area contributed by atoms with Crippen molar-refractivity contribution in [2.45, 2.75) is 289 Å². The van der Waals surface area contributed by atoms with Gasteiger partial charge in [-0.15, -0.1) is 0 Å². The summed E-state index contributed by atoms with van der Waals surface area (Å²) in [7, 11) is 0. The highest BCUT2D eigenvalue weighted by molar-refractivity contribution is 5.76. The quantitative estimate of drug-likeness (QED) is 0.0426. The zero-order valence-electron chi connectivity index (χ0n) is 37.5. The Morgan fingerprint density at radius 2 is 0.709 bits per heavy atom. The molecule has 4 heteroatoms. The summed E-state index contributed by atoms with van der Waals surface area (Å²) < 4.78 is 0. The minimum atomic E-state index is -0.831. The van der Waals surface area contributed by atoms with Crippen LogP contribution in [-0.4, -0.2) is 34.9 Å². The van der Waals surface area contributed by atoms with Crippen molar-refractivity contribution in [2.75, 3.05) is 6.61 Å². The van der Waals surface area contributed by atoms with E-state index in [0.29, 0.717) is 6.42 Å². The van der Waals surface area contributed by atoms with Crippen LogP contribution < -0.4 is 5.32 Å². The molecule has 0 fully saturated rings. The van der Waals surface area contributed by atoms with Crippen LogP contribution in [0.3, 0.4) is 0 Å². The molecule has 0 aromatic rings. The Labute approximate surface area is 345 Å². The summed E-state index contributed by atoms with van der Waals surface area (Å²) in [6.07, 6.45) is 62.6. The minimum absolute atomic E-state index is 0.0690. The summed E-state index contributed by atoms with van der Waals surface area (Å²) in [6.45, 7) is 4.18. The summed E-state index contributed by atoms with van der Waals surface area (Å²) in [5.74, 6) is -0.0690. The first kappa shape index (κ1) is 53.9. The first-order valence-electron chi connectivity index (χ1n) is 25.1. The molecule has 2 atom stereocenters. The van der Waals surface area contributed by atoms with E-state index in [-0.39, 0.29) is 12.5 Å². The maximum Gasteiger partial charge on any atom is 0.220 e. The Kier molecular flexibility index (Phi) is 46.3. The van der Waals surface area contributed by atoms with Crippen LogP contribution in [0.5, 0.6) is 0 Å². The fraction of sp³-hybridized carbons (Fsp3) is 0.902. The van der Waals surface area contributed by atoms with E-state index in [1.807, 2.05) is 6.08 Å². The van der Waals surface area contributed by atoms with Crippen molar-refractivity contribution in [1.82, 2.24) is 5.32 Å². The second kappa shape index (κ2) is 47.2. The number of hydrogen-bond acceptors (Lipinski definition) is 3. The van der Waals surface area contributed by atoms with Gasteiger partial charge in [0, 0.05) is 6.42 Å². The number of hydrogen-bond donors (Lipinski definition) is 3. The zero-order chi connectivity index (χ0) is 40.0. The number of carbonyl (C=O) groups is 1. The van der Waals surface area contributed by atoms with Crippen LogP contribution in [0.15, 0.2) is 24.3 Å². The minimum Gasteiger partial charge on any atom is -0.394 e. The Morgan fingerprint density at radius 3 is 1.04 bits per heavy atom. The molecule has 3 N–H and O–H groups in total. The van der Waals surface area contributed by atoms with Gasteiger partial charge < -0.3 is 15.5 Å². The average Bonchev–Trinajstić information content (AvgIpc) is 3.19. The molecule has 0 aliphatic rings. The molecular formula is C51H99NO3. The number of nitrogens with one attached hydrogen (secondary N) is 1. The molecule has 4 nitrogen and oxygen atoms in total. The lowest BCUT2D eigenvalue weighted by Gasteiger charge is -2.19. The number of aliphatic hydroxyl groups is 2. The third-order valence-corrected chi connectivity index (χ3v) is 11.7. The molecule has 55 heavy (non-hydrogen) atoms. The van der Waals surface area contributed by atoms with Crippen molar-refractivity contribution in [2.24, 2.45) is 0 Å². The van der Waals surface area contributed by atoms with Crippen molar-refractivity contribution >= 4 is 5.91 Å². The normalized spacial score (nSPS) is 13.0. The van der Waals surface area contributed by atoms with E-state index in [4.69, 9.17) is 0 Å². The van der Waals surface area contributed by atoms with E-state index < -0.39 is 12.1 Å². The molecule has 0 spiro atoms. The molecule has 0 saturated carbocycles. The van der Waals surface area contributed by atoms with E-state index in [1.165, 1.54) is 225 Å². The number of unbranched alkanes of at least 4 members (excludes halogenated alkanes) is 37. The Hall–Kier alpha value is -1.13. The Bertz CT molecular complexity index is 795. The van der Waals surface area contributed by atoms with E-state index in [9.17, 15) is 15.0 Å². The van der Waals surface area contributed by atoms with Crippen LogP contribution in [0.4, 0.5) is 0 Å². The highest BCUT2D eigenvalue weighted by Crippen LogP contribution is 2.17. The van der Waals surface area contributed by atoms with Crippen LogP contribution in [0.2, 0.25) is 0 Å². The van der Waals surface area contributed by atoms with E-state index >= 15 is 0 Å². The van der Waals surface area contributed by atoms with Crippen LogP contribution in [0, 0.1) is 0 Å². The maximum atomic E-state index is 12.2. The monoisotopic (exact) mass is 774 g/mol. The van der Waals surface area contributed by atoms with Gasteiger partial charge in [0.05, 0.1) is 18.8 Å². The van der Waals surface area contributed by atoms with Gasteiger partial charge in [-0.1, -0.05) is 256 Å². The number of amides is 1. The second-order valence-corrected chi connectivity index (χ2v) is 17.2. The van der Waals surface area contributed by atoms with Crippen LogP contribution in [0.1, 0.15) is 277 Å². The van der Waals surface area contributed by atoms with Crippen LogP contribution in [-0.2, 0) is 4.79 Å². The fourth-order valence-corrected chi connectivity index (χ4v) is 7.81. The summed E-state index contributed by atoms with van der Waals surface area (Å²) in [5, 5.41) is 22.5. The molecular weight excluding hydrogens is 675 g/mol. The molecule has 326 valence electrons. The molecule has 0 aromatic carbocycles. The largest absolute Gasteiger partial charge is 0.394 e. The average molecular weight is 774 g/mol. The first-order valence-corrected chi connectivity index (χ1v) is 25.1. The molecule has 0 bridgehead atoms. The summed E-state index contributed by atoms with van der Waals surface area (Å²) >= 11 is 0. The fourth-order valence-electron chi connectivity index (χ4n) is 7.81. The summed E-state index contributed by atoms with van der Waals surface area (Å²) in [5.41, 5.74) is 0. The zero-order valence-corrected chi connectivity index (χ0v) is 37.5. The van der Waals surface area contributed by atoms with E-state index in [0.717, 1.165) is 32.1 Å². The maximum absolute atomic E-state index is 12.2. The van der Waals surface area contributed by atoms with E-state index in [2.05, 4.69) is 31.3 Å². The molecule has 0 rings (SSSR count). The molecule has 0 heterocycles. The highest BCUT2D eigenvalue weighted by Gasteiger charge is 2.17. The number of aliphatic hydroxyl groups excluding tert-OH is 2. The second-order valence-electron chi connectivity index (χ2n) is 17.2. The molecule has 0 aliphatic carbocycles. The van der Waals surface area contributed by atoms with Gasteiger partial charge in [-0.2, -0.15) is 0 Å². The van der Waals surface area contributed by atoms with Crippen LogP contribution in [0.25, 0.3) is 0 Å². The Balaban J connectivity index is 3.25. The Morgan fingerprint density at radius 1 is 0.418 bits per heavy atom. The lowest BCUT2D eigenvalue weighted by Crippen LogP contribution is -2.45. The predicted molar refractivity (Wildman–Crippen MR) is 244 cm³/mol. The first-order chi connectivity index (χ1) is 27.2. The molecule has 1 amide bonds. The van der Waals surface area contributed by atoms with Crippen molar-refractivity contribution in [3.8, 4) is 0 Å². The van der Waals surface area contributed by atoms with Crippen LogP contribution >= 0.6 is 0 Å². The van der Waals surface area contributed by atoms with Gasteiger partial charge in [-0.3, -0.25) is 4.79 Å². The standard InChI is InChI=1S/C51H99NO3/c1-3-5-7-9-10-11-12-13-14-15-16-17-18-19-20-21-22-23-24-25-26-27-28-29-30-31-32-33-34-35-36-37-38-39-40-41-42-43-45-47-51(55)52-49(48-53)50(54)46-44-8-6-4-2/h15-16,44,46,49-50,53-54H,3-14,17-43,45,47-48H2,1-2H3,(H,52,55)/b16-15-,46-44+. The van der Waals surface area contributed by atoms with Crippen molar-refractivity contribution in [1.29, 1.82) is 0 Å². The van der Waals surface area contributed by atoms with Gasteiger partial charge in [-0.05, 0) is 38.5 Å². The number of allylic oxidation sites excluding steroid dienone is 3. The van der Waals surface area contributed by atoms with Crippen molar-refractivity contribution < 1.29 is 15.0 Å². The lowest BCUT2D eigenvalue weighted by atomic mass is 10.0. The van der Waals surface area contributed by atoms with Crippen molar-refractivity contribution in [3.05, 3.63) is 24.3 Å². The summed E-state index contributed by atoms with van der Waals surface area (Å²) in [6, 6.07) is -0.614. The lowest BCUT2D eigenvalue weighted by molar-refractivity contribution is -0.123. The number of carbonyl (C=O) groups excluding carboxylic acids is 1. The topological polar surface area (TPSA) is 69.6 Å². The molecule has 0 aliphatic heterocycles. The molecule has 0 radical (unpaired) electrons. The number of rotatable bonds is 46. The summed E-state index contributed by atoms with van der Waals surface area (Å²) in [4.78, 5) is 12.2. The van der Waals surface area contributed by atoms with Crippen molar-refractivity contribution in [3.63, 3.8) is 0 Å². The predicted octanol–water partition coefficient (Wildman–Crippen LogP) is 16.0.